The van der Waals surface area contributed by atoms with Crippen molar-refractivity contribution in [2.45, 2.75) is 17.7 Å². The number of ether oxygens (including phenoxy) is 1. The first-order valence-electron chi connectivity index (χ1n) is 6.28. The van der Waals surface area contributed by atoms with Crippen molar-refractivity contribution >= 4 is 22.4 Å². The van der Waals surface area contributed by atoms with E-state index in [0.29, 0.717) is 19.5 Å². The molecule has 0 bridgehead atoms. The Morgan fingerprint density at radius 3 is 2.59 bits per heavy atom. The lowest BCUT2D eigenvalue weighted by Gasteiger charge is -2.17. The summed E-state index contributed by atoms with van der Waals surface area (Å²) in [5.41, 5.74) is 5.51. The zero-order valence-corrected chi connectivity index (χ0v) is 13.0. The van der Waals surface area contributed by atoms with Crippen LogP contribution in [-0.2, 0) is 10.0 Å². The highest BCUT2D eigenvalue weighted by Crippen LogP contribution is 2.28. The number of nitrogens with zero attached hydrogens (tertiary/aromatic N) is 1. The summed E-state index contributed by atoms with van der Waals surface area (Å²) < 4.78 is 66.2. The van der Waals surface area contributed by atoms with Gasteiger partial charge in [0.25, 0.3) is 0 Å². The Labute approximate surface area is 132 Å². The van der Waals surface area contributed by atoms with E-state index < -0.39 is 22.1 Å². The zero-order valence-electron chi connectivity index (χ0n) is 11.4. The van der Waals surface area contributed by atoms with Crippen molar-refractivity contribution in [3.8, 4) is 5.75 Å². The SMILES string of the molecule is Cl.NCC1CCN(S(=O)(=O)c2cccc(OC(F)(F)F)c2)C1. The van der Waals surface area contributed by atoms with E-state index in [1.54, 1.807) is 0 Å². The Morgan fingerprint density at radius 1 is 1.36 bits per heavy atom. The lowest BCUT2D eigenvalue weighted by Crippen LogP contribution is -2.30. The van der Waals surface area contributed by atoms with Gasteiger partial charge in [-0.2, -0.15) is 4.31 Å². The van der Waals surface area contributed by atoms with Crippen LogP contribution in [0.4, 0.5) is 13.2 Å². The fourth-order valence-corrected chi connectivity index (χ4v) is 3.76. The molecule has 1 aromatic carbocycles. The molecule has 1 aliphatic rings. The number of benzene rings is 1. The number of sulfonamides is 1. The zero-order chi connectivity index (χ0) is 15.7. The maximum Gasteiger partial charge on any atom is 0.573 e. The Morgan fingerprint density at radius 2 is 2.05 bits per heavy atom. The van der Waals surface area contributed by atoms with Crippen LogP contribution in [0.1, 0.15) is 6.42 Å². The van der Waals surface area contributed by atoms with Gasteiger partial charge in [-0.15, -0.1) is 25.6 Å². The number of hydrogen-bond donors (Lipinski definition) is 1. The Kier molecular flexibility index (Phi) is 6.08. The highest BCUT2D eigenvalue weighted by molar-refractivity contribution is 7.89. The fourth-order valence-electron chi connectivity index (χ4n) is 2.19. The molecule has 2 rings (SSSR count). The minimum atomic E-state index is -4.86. The van der Waals surface area contributed by atoms with Crippen molar-refractivity contribution in [3.05, 3.63) is 24.3 Å². The second-order valence-electron chi connectivity index (χ2n) is 4.78. The van der Waals surface area contributed by atoms with Crippen molar-refractivity contribution < 1.29 is 26.3 Å². The molecule has 0 saturated carbocycles. The van der Waals surface area contributed by atoms with Crippen molar-refractivity contribution in [2.24, 2.45) is 11.7 Å². The van der Waals surface area contributed by atoms with Crippen LogP contribution in [0.25, 0.3) is 0 Å². The third-order valence-corrected chi connectivity index (χ3v) is 5.12. The second-order valence-corrected chi connectivity index (χ2v) is 6.71. The molecule has 1 aliphatic heterocycles. The molecule has 2 N–H and O–H groups in total. The molecule has 1 saturated heterocycles. The molecule has 0 aliphatic carbocycles. The van der Waals surface area contributed by atoms with Gasteiger partial charge < -0.3 is 10.5 Å². The van der Waals surface area contributed by atoms with Gasteiger partial charge in [0.05, 0.1) is 4.90 Å². The summed E-state index contributed by atoms with van der Waals surface area (Å²) in [6, 6.07) is 4.39. The van der Waals surface area contributed by atoms with Crippen LogP contribution in [0.3, 0.4) is 0 Å². The largest absolute Gasteiger partial charge is 0.573 e. The van der Waals surface area contributed by atoms with E-state index >= 15 is 0 Å². The first-order chi connectivity index (χ1) is 9.72. The molecule has 126 valence electrons. The van der Waals surface area contributed by atoms with Gasteiger partial charge in [-0.3, -0.25) is 0 Å². The average Bonchev–Trinajstić information content (AvgIpc) is 2.86. The first kappa shape index (κ1) is 19.0. The van der Waals surface area contributed by atoms with E-state index in [9.17, 15) is 21.6 Å². The number of halogens is 4. The van der Waals surface area contributed by atoms with Crippen molar-refractivity contribution in [3.63, 3.8) is 0 Å². The summed E-state index contributed by atoms with van der Waals surface area (Å²) in [4.78, 5) is -0.220. The van der Waals surface area contributed by atoms with Crippen LogP contribution in [0.2, 0.25) is 0 Å². The number of nitrogens with two attached hydrogens (primary N) is 1. The van der Waals surface area contributed by atoms with Gasteiger partial charge in [0, 0.05) is 19.2 Å². The number of alkyl halides is 3. The Bertz CT molecular complexity index is 610. The van der Waals surface area contributed by atoms with E-state index in [1.165, 1.54) is 16.4 Å². The molecule has 0 spiro atoms. The molecule has 22 heavy (non-hydrogen) atoms. The van der Waals surface area contributed by atoms with Gasteiger partial charge in [0.2, 0.25) is 10.0 Å². The summed E-state index contributed by atoms with van der Waals surface area (Å²) in [6.07, 6.45) is -4.21. The maximum absolute atomic E-state index is 12.4. The Balaban J connectivity index is 0.00000242. The van der Waals surface area contributed by atoms with Crippen LogP contribution in [0.5, 0.6) is 5.75 Å². The molecule has 10 heteroatoms. The summed E-state index contributed by atoms with van der Waals surface area (Å²) >= 11 is 0. The van der Waals surface area contributed by atoms with E-state index in [0.717, 1.165) is 12.1 Å². The third kappa shape index (κ3) is 4.48. The molecule has 1 aromatic rings. The third-order valence-electron chi connectivity index (χ3n) is 3.26. The summed E-state index contributed by atoms with van der Waals surface area (Å²) in [5.74, 6) is -0.479. The summed E-state index contributed by atoms with van der Waals surface area (Å²) in [7, 11) is -3.83. The van der Waals surface area contributed by atoms with E-state index in [4.69, 9.17) is 5.73 Å². The van der Waals surface area contributed by atoms with Crippen LogP contribution >= 0.6 is 12.4 Å². The number of rotatable bonds is 4. The molecule has 0 aromatic heterocycles. The van der Waals surface area contributed by atoms with Gasteiger partial charge in [0.1, 0.15) is 5.75 Å². The Hall–Kier alpha value is -1.03. The topological polar surface area (TPSA) is 72.6 Å². The second kappa shape index (κ2) is 7.03. The molecule has 0 radical (unpaired) electrons. The fraction of sp³-hybridized carbons (Fsp3) is 0.500. The minimum Gasteiger partial charge on any atom is -0.406 e. The monoisotopic (exact) mass is 360 g/mol. The number of hydrogen-bond acceptors (Lipinski definition) is 4. The lowest BCUT2D eigenvalue weighted by atomic mass is 10.1. The maximum atomic E-state index is 12.4. The lowest BCUT2D eigenvalue weighted by molar-refractivity contribution is -0.274. The van der Waals surface area contributed by atoms with Crippen LogP contribution in [0, 0.1) is 5.92 Å². The highest BCUT2D eigenvalue weighted by Gasteiger charge is 2.34. The normalized spacial score (nSPS) is 19.7. The quantitative estimate of drug-likeness (QED) is 0.891. The highest BCUT2D eigenvalue weighted by atomic mass is 35.5. The van der Waals surface area contributed by atoms with E-state index in [1.807, 2.05) is 0 Å². The van der Waals surface area contributed by atoms with Crippen molar-refractivity contribution in [1.82, 2.24) is 4.31 Å². The predicted octanol–water partition coefficient (Wildman–Crippen LogP) is 1.98. The van der Waals surface area contributed by atoms with E-state index in [2.05, 4.69) is 4.74 Å². The predicted molar refractivity (Wildman–Crippen MR) is 76.3 cm³/mol. The molecule has 1 heterocycles. The first-order valence-corrected chi connectivity index (χ1v) is 7.72. The van der Waals surface area contributed by atoms with Gasteiger partial charge in [-0.25, -0.2) is 8.42 Å². The van der Waals surface area contributed by atoms with Gasteiger partial charge >= 0.3 is 6.36 Å². The van der Waals surface area contributed by atoms with Crippen LogP contribution in [0.15, 0.2) is 29.2 Å². The molecule has 1 fully saturated rings. The van der Waals surface area contributed by atoms with Crippen molar-refractivity contribution in [1.29, 1.82) is 0 Å². The smallest absolute Gasteiger partial charge is 0.406 e. The standard InChI is InChI=1S/C12H15F3N2O3S.ClH/c13-12(14,15)20-10-2-1-3-11(6-10)21(18,19)17-5-4-9(7-16)8-17;/h1-3,6,9H,4-5,7-8,16H2;1H. The average molecular weight is 361 g/mol. The molecular formula is C12H16ClF3N2O3S. The minimum absolute atomic E-state index is 0. The van der Waals surface area contributed by atoms with E-state index in [-0.39, 0.29) is 29.8 Å². The molecule has 0 amide bonds. The van der Waals surface area contributed by atoms with Crippen LogP contribution in [-0.4, -0.2) is 38.7 Å². The summed E-state index contributed by atoms with van der Waals surface area (Å²) in [5, 5.41) is 0. The summed E-state index contributed by atoms with van der Waals surface area (Å²) in [6.45, 7) is 0.973. The molecular weight excluding hydrogens is 345 g/mol. The van der Waals surface area contributed by atoms with Gasteiger partial charge in [-0.05, 0) is 31.0 Å². The molecule has 5 nitrogen and oxygen atoms in total. The van der Waals surface area contributed by atoms with Gasteiger partial charge in [0.15, 0.2) is 0 Å². The van der Waals surface area contributed by atoms with Crippen molar-refractivity contribution in [2.75, 3.05) is 19.6 Å². The molecule has 1 unspecified atom stereocenters. The molecule has 1 atom stereocenters. The van der Waals surface area contributed by atoms with Gasteiger partial charge in [-0.1, -0.05) is 6.07 Å². The van der Waals surface area contributed by atoms with Crippen LogP contribution < -0.4 is 10.5 Å².